The largest absolute Gasteiger partial charge is 0.309 e. The second-order valence-corrected chi connectivity index (χ2v) is 3.88. The molecule has 1 aromatic heterocycles. The zero-order valence-electron chi connectivity index (χ0n) is 8.83. The normalized spacial score (nSPS) is 17.7. The molecule has 3 heteroatoms. The van der Waals surface area contributed by atoms with Gasteiger partial charge in [0.05, 0.1) is 5.69 Å². The number of aromatic nitrogens is 2. The Kier molecular flexibility index (Phi) is 2.68. The van der Waals surface area contributed by atoms with Gasteiger partial charge in [-0.15, -0.1) is 0 Å². The van der Waals surface area contributed by atoms with Crippen LogP contribution in [0.15, 0.2) is 17.8 Å². The molecule has 2 rings (SSSR count). The molecule has 1 unspecified atom stereocenters. The maximum Gasteiger partial charge on any atom is 0.0851 e. The molecule has 1 aliphatic rings. The van der Waals surface area contributed by atoms with Crippen LogP contribution in [-0.2, 0) is 0 Å². The molecule has 0 saturated carbocycles. The predicted molar refractivity (Wildman–Crippen MR) is 58.1 cm³/mol. The van der Waals surface area contributed by atoms with Gasteiger partial charge in [-0.3, -0.25) is 4.68 Å². The number of nitrogens with one attached hydrogen (secondary N) is 1. The lowest BCUT2D eigenvalue weighted by Gasteiger charge is -2.17. The van der Waals surface area contributed by atoms with Gasteiger partial charge in [-0.1, -0.05) is 6.92 Å². The lowest BCUT2D eigenvalue weighted by Crippen LogP contribution is -2.33. The van der Waals surface area contributed by atoms with Crippen molar-refractivity contribution in [1.82, 2.24) is 15.1 Å². The first-order valence-corrected chi connectivity index (χ1v) is 5.25. The minimum atomic E-state index is 0.502. The van der Waals surface area contributed by atoms with Crippen molar-refractivity contribution in [2.45, 2.75) is 26.3 Å². The summed E-state index contributed by atoms with van der Waals surface area (Å²) in [5, 5.41) is 7.73. The number of hydrogen-bond acceptors (Lipinski definition) is 2. The van der Waals surface area contributed by atoms with E-state index in [2.05, 4.69) is 42.6 Å². The third kappa shape index (κ3) is 1.87. The van der Waals surface area contributed by atoms with Crippen molar-refractivity contribution in [2.75, 3.05) is 13.1 Å². The smallest absolute Gasteiger partial charge is 0.0851 e. The van der Waals surface area contributed by atoms with E-state index < -0.39 is 0 Å². The van der Waals surface area contributed by atoms with Gasteiger partial charge >= 0.3 is 0 Å². The minimum Gasteiger partial charge on any atom is -0.309 e. The van der Waals surface area contributed by atoms with Crippen LogP contribution in [-0.4, -0.2) is 22.9 Å². The quantitative estimate of drug-likeness (QED) is 0.790. The highest BCUT2D eigenvalue weighted by atomic mass is 15.3. The molecule has 76 valence electrons. The van der Waals surface area contributed by atoms with E-state index in [4.69, 9.17) is 0 Å². The molecule has 0 aliphatic carbocycles. The molecule has 0 amide bonds. The lowest BCUT2D eigenvalue weighted by molar-refractivity contribution is 0.477. The number of rotatable bonds is 3. The highest BCUT2D eigenvalue weighted by Gasteiger charge is 2.08. The molecule has 2 heterocycles. The molecule has 0 bridgehead atoms. The van der Waals surface area contributed by atoms with E-state index in [1.54, 1.807) is 0 Å². The van der Waals surface area contributed by atoms with Crippen LogP contribution in [0.1, 0.15) is 32.0 Å². The lowest BCUT2D eigenvalue weighted by atomic mass is 10.1. The molecule has 1 N–H and O–H groups in total. The second kappa shape index (κ2) is 3.96. The highest BCUT2D eigenvalue weighted by Crippen LogP contribution is 2.12. The fraction of sp³-hybridized carbons (Fsp3) is 0.545. The van der Waals surface area contributed by atoms with Crippen molar-refractivity contribution in [2.24, 2.45) is 0 Å². The molecule has 0 radical (unpaired) electrons. The first-order chi connectivity index (χ1) is 6.79. The van der Waals surface area contributed by atoms with Crippen LogP contribution in [0.25, 0.3) is 6.08 Å². The Morgan fingerprint density at radius 3 is 3.00 bits per heavy atom. The molecule has 14 heavy (non-hydrogen) atoms. The van der Waals surface area contributed by atoms with Crippen LogP contribution < -0.4 is 5.32 Å². The Bertz CT molecular complexity index is 332. The van der Waals surface area contributed by atoms with E-state index in [0.29, 0.717) is 6.04 Å². The average Bonchev–Trinajstić information content (AvgIpc) is 2.58. The minimum absolute atomic E-state index is 0.502. The van der Waals surface area contributed by atoms with Crippen molar-refractivity contribution in [3.63, 3.8) is 0 Å². The summed E-state index contributed by atoms with van der Waals surface area (Å²) >= 11 is 0. The molecule has 1 aliphatic heterocycles. The molecular formula is C11H17N3. The molecular weight excluding hydrogens is 174 g/mol. The maximum atomic E-state index is 4.52. The number of nitrogens with zero attached hydrogens (tertiary/aromatic N) is 2. The first kappa shape index (κ1) is 9.46. The monoisotopic (exact) mass is 191 g/mol. The summed E-state index contributed by atoms with van der Waals surface area (Å²) in [6, 6.07) is 2.58. The Morgan fingerprint density at radius 2 is 2.43 bits per heavy atom. The van der Waals surface area contributed by atoms with Crippen molar-refractivity contribution in [3.05, 3.63) is 23.5 Å². The van der Waals surface area contributed by atoms with Gasteiger partial charge in [-0.25, -0.2) is 0 Å². The van der Waals surface area contributed by atoms with Crippen LogP contribution in [0.5, 0.6) is 0 Å². The summed E-state index contributed by atoms with van der Waals surface area (Å²) in [7, 11) is 0. The fourth-order valence-corrected chi connectivity index (χ4v) is 1.44. The van der Waals surface area contributed by atoms with Gasteiger partial charge in [0, 0.05) is 25.3 Å². The Balaban J connectivity index is 2.09. The van der Waals surface area contributed by atoms with Crippen molar-refractivity contribution in [3.8, 4) is 0 Å². The Labute approximate surface area is 84.8 Å². The summed E-state index contributed by atoms with van der Waals surface area (Å²) in [4.78, 5) is 0. The fourth-order valence-electron chi connectivity index (χ4n) is 1.44. The third-order valence-corrected chi connectivity index (χ3v) is 2.73. The average molecular weight is 191 g/mol. The zero-order chi connectivity index (χ0) is 9.97. The molecule has 1 aromatic rings. The zero-order valence-corrected chi connectivity index (χ0v) is 8.83. The molecule has 3 nitrogen and oxygen atoms in total. The molecule has 1 atom stereocenters. The van der Waals surface area contributed by atoms with Crippen LogP contribution >= 0.6 is 0 Å². The van der Waals surface area contributed by atoms with Crippen molar-refractivity contribution >= 4 is 6.08 Å². The molecule has 1 saturated heterocycles. The van der Waals surface area contributed by atoms with E-state index in [0.717, 1.165) is 25.2 Å². The van der Waals surface area contributed by atoms with Crippen molar-refractivity contribution < 1.29 is 0 Å². The molecule has 0 spiro atoms. The van der Waals surface area contributed by atoms with Crippen LogP contribution in [0.2, 0.25) is 0 Å². The first-order valence-electron chi connectivity index (χ1n) is 5.25. The van der Waals surface area contributed by atoms with Crippen LogP contribution in [0.3, 0.4) is 0 Å². The summed E-state index contributed by atoms with van der Waals surface area (Å²) in [5.74, 6) is 0. The van der Waals surface area contributed by atoms with Gasteiger partial charge in [0.2, 0.25) is 0 Å². The van der Waals surface area contributed by atoms with Crippen LogP contribution in [0, 0.1) is 0 Å². The highest BCUT2D eigenvalue weighted by molar-refractivity contribution is 5.51. The van der Waals surface area contributed by atoms with Crippen molar-refractivity contribution in [1.29, 1.82) is 0 Å². The predicted octanol–water partition coefficient (Wildman–Crippen LogP) is 1.84. The van der Waals surface area contributed by atoms with Gasteiger partial charge in [-0.05, 0) is 31.1 Å². The summed E-state index contributed by atoms with van der Waals surface area (Å²) in [6.45, 7) is 6.42. The molecule has 1 fully saturated rings. The third-order valence-electron chi connectivity index (χ3n) is 2.73. The topological polar surface area (TPSA) is 29.9 Å². The Morgan fingerprint density at radius 1 is 1.64 bits per heavy atom. The standard InChI is InChI=1S/C11H17N3/c1-3-9(2)14-5-4-11(13-14)6-10-7-12-8-10/h4-6,9,12H,3,7-8H2,1-2H3. The molecule has 0 aromatic carbocycles. The van der Waals surface area contributed by atoms with E-state index in [1.165, 1.54) is 5.57 Å². The van der Waals surface area contributed by atoms with Crippen LogP contribution in [0.4, 0.5) is 0 Å². The van der Waals surface area contributed by atoms with Gasteiger partial charge in [-0.2, -0.15) is 5.10 Å². The number of hydrogen-bond donors (Lipinski definition) is 1. The van der Waals surface area contributed by atoms with Gasteiger partial charge in [0.15, 0.2) is 0 Å². The summed E-state index contributed by atoms with van der Waals surface area (Å²) in [6.07, 6.45) is 5.36. The van der Waals surface area contributed by atoms with E-state index in [9.17, 15) is 0 Å². The second-order valence-electron chi connectivity index (χ2n) is 3.88. The van der Waals surface area contributed by atoms with E-state index in [1.807, 2.05) is 4.68 Å². The van der Waals surface area contributed by atoms with E-state index >= 15 is 0 Å². The maximum absolute atomic E-state index is 4.52. The Hall–Kier alpha value is -1.09. The van der Waals surface area contributed by atoms with Gasteiger partial charge in [0.1, 0.15) is 0 Å². The SMILES string of the molecule is CCC(C)n1ccc(C=C2CNC2)n1. The van der Waals surface area contributed by atoms with E-state index in [-0.39, 0.29) is 0 Å². The summed E-state index contributed by atoms with van der Waals surface area (Å²) in [5.41, 5.74) is 2.53. The summed E-state index contributed by atoms with van der Waals surface area (Å²) < 4.78 is 2.04. The van der Waals surface area contributed by atoms with Gasteiger partial charge < -0.3 is 5.32 Å². The van der Waals surface area contributed by atoms with Gasteiger partial charge in [0.25, 0.3) is 0 Å².